The molecular formula is C14H12BrF3N2. The van der Waals surface area contributed by atoms with Gasteiger partial charge in [0.2, 0.25) is 0 Å². The van der Waals surface area contributed by atoms with Gasteiger partial charge >= 0.3 is 0 Å². The fraction of sp³-hybridized carbons (Fsp3) is 0.143. The van der Waals surface area contributed by atoms with Gasteiger partial charge in [-0.25, -0.2) is 13.2 Å². The molecule has 2 aromatic rings. The van der Waals surface area contributed by atoms with Gasteiger partial charge in [0.15, 0.2) is 0 Å². The molecule has 0 saturated carbocycles. The Morgan fingerprint density at radius 2 is 1.70 bits per heavy atom. The van der Waals surface area contributed by atoms with E-state index in [2.05, 4.69) is 21.4 Å². The molecule has 0 saturated heterocycles. The molecule has 0 aromatic heterocycles. The van der Waals surface area contributed by atoms with Crippen molar-refractivity contribution in [2.24, 2.45) is 5.84 Å². The van der Waals surface area contributed by atoms with E-state index in [-0.39, 0.29) is 6.42 Å². The maximum atomic E-state index is 13.5. The Kier molecular flexibility index (Phi) is 4.80. The molecule has 0 spiro atoms. The standard InChI is InChI=1S/C14H12BrF3N2/c15-12-2-1-9(6-13(12)18)14(20-19)5-8-3-10(16)7-11(17)4-8/h1-4,6-7,14,20H,5,19H2. The Morgan fingerprint density at radius 1 is 1.05 bits per heavy atom. The van der Waals surface area contributed by atoms with Gasteiger partial charge in [0.1, 0.15) is 17.5 Å². The van der Waals surface area contributed by atoms with E-state index in [1.54, 1.807) is 12.1 Å². The Labute approximate surface area is 122 Å². The summed E-state index contributed by atoms with van der Waals surface area (Å²) in [5, 5.41) is 0. The van der Waals surface area contributed by atoms with E-state index >= 15 is 0 Å². The molecule has 2 aromatic carbocycles. The molecule has 0 fully saturated rings. The van der Waals surface area contributed by atoms with Crippen molar-refractivity contribution >= 4 is 15.9 Å². The number of nitrogens with one attached hydrogen (secondary N) is 1. The molecule has 2 nitrogen and oxygen atoms in total. The normalized spacial score (nSPS) is 12.4. The van der Waals surface area contributed by atoms with Crippen LogP contribution in [0, 0.1) is 17.5 Å². The van der Waals surface area contributed by atoms with Gasteiger partial charge in [-0.15, -0.1) is 0 Å². The van der Waals surface area contributed by atoms with Gasteiger partial charge in [0.25, 0.3) is 0 Å². The fourth-order valence-electron chi connectivity index (χ4n) is 1.97. The quantitative estimate of drug-likeness (QED) is 0.656. The second kappa shape index (κ2) is 6.39. The van der Waals surface area contributed by atoms with Gasteiger partial charge in [-0.3, -0.25) is 11.3 Å². The zero-order chi connectivity index (χ0) is 14.7. The van der Waals surface area contributed by atoms with Crippen LogP contribution in [0.5, 0.6) is 0 Å². The van der Waals surface area contributed by atoms with Crippen LogP contribution >= 0.6 is 15.9 Å². The lowest BCUT2D eigenvalue weighted by Crippen LogP contribution is -2.29. The van der Waals surface area contributed by atoms with Gasteiger partial charge < -0.3 is 0 Å². The minimum absolute atomic E-state index is 0.242. The van der Waals surface area contributed by atoms with Gasteiger partial charge in [-0.2, -0.15) is 0 Å². The Bertz CT molecular complexity index is 599. The molecule has 0 radical (unpaired) electrons. The number of hydrazine groups is 1. The average molecular weight is 345 g/mol. The van der Waals surface area contributed by atoms with Crippen LogP contribution in [-0.2, 0) is 6.42 Å². The average Bonchev–Trinajstić information content (AvgIpc) is 2.38. The van der Waals surface area contributed by atoms with E-state index in [0.717, 1.165) is 6.07 Å². The van der Waals surface area contributed by atoms with Gasteiger partial charge in [0, 0.05) is 6.07 Å². The molecule has 2 rings (SSSR count). The first-order chi connectivity index (χ1) is 9.49. The van der Waals surface area contributed by atoms with E-state index in [1.165, 1.54) is 18.2 Å². The lowest BCUT2D eigenvalue weighted by molar-refractivity contribution is 0.534. The van der Waals surface area contributed by atoms with Gasteiger partial charge in [-0.05, 0) is 57.7 Å². The molecule has 0 heterocycles. The van der Waals surface area contributed by atoms with Crippen molar-refractivity contribution in [1.82, 2.24) is 5.43 Å². The van der Waals surface area contributed by atoms with Gasteiger partial charge in [0.05, 0.1) is 10.5 Å². The fourth-order valence-corrected chi connectivity index (χ4v) is 2.21. The summed E-state index contributed by atoms with van der Waals surface area (Å²) in [5.41, 5.74) is 3.56. The summed E-state index contributed by atoms with van der Waals surface area (Å²) in [6.45, 7) is 0. The third-order valence-electron chi connectivity index (χ3n) is 2.91. The minimum Gasteiger partial charge on any atom is -0.271 e. The molecule has 0 amide bonds. The lowest BCUT2D eigenvalue weighted by Gasteiger charge is -2.17. The van der Waals surface area contributed by atoms with Crippen molar-refractivity contribution in [1.29, 1.82) is 0 Å². The van der Waals surface area contributed by atoms with Crippen LogP contribution in [0.3, 0.4) is 0 Å². The van der Waals surface area contributed by atoms with E-state index < -0.39 is 23.5 Å². The number of rotatable bonds is 4. The first-order valence-electron chi connectivity index (χ1n) is 5.85. The third kappa shape index (κ3) is 3.59. The summed E-state index contributed by atoms with van der Waals surface area (Å²) in [7, 11) is 0. The zero-order valence-electron chi connectivity index (χ0n) is 10.3. The van der Waals surface area contributed by atoms with E-state index in [0.29, 0.717) is 15.6 Å². The van der Waals surface area contributed by atoms with Crippen LogP contribution in [0.1, 0.15) is 17.2 Å². The summed E-state index contributed by atoms with van der Waals surface area (Å²) in [4.78, 5) is 0. The maximum absolute atomic E-state index is 13.5. The second-order valence-corrected chi connectivity index (χ2v) is 5.23. The van der Waals surface area contributed by atoms with Crippen LogP contribution < -0.4 is 11.3 Å². The number of hydrogen-bond donors (Lipinski definition) is 2. The number of halogens is 4. The van der Waals surface area contributed by atoms with Crippen molar-refractivity contribution < 1.29 is 13.2 Å². The molecule has 3 N–H and O–H groups in total. The number of benzene rings is 2. The van der Waals surface area contributed by atoms with Crippen LogP contribution in [0.25, 0.3) is 0 Å². The van der Waals surface area contributed by atoms with Crippen molar-refractivity contribution in [3.63, 3.8) is 0 Å². The molecule has 0 aliphatic heterocycles. The molecule has 6 heteroatoms. The lowest BCUT2D eigenvalue weighted by atomic mass is 9.99. The highest BCUT2D eigenvalue weighted by molar-refractivity contribution is 9.10. The molecule has 20 heavy (non-hydrogen) atoms. The Balaban J connectivity index is 2.26. The predicted molar refractivity (Wildman–Crippen MR) is 74.2 cm³/mol. The molecule has 1 atom stereocenters. The van der Waals surface area contributed by atoms with Crippen LogP contribution in [0.2, 0.25) is 0 Å². The highest BCUT2D eigenvalue weighted by Gasteiger charge is 2.13. The molecule has 0 bridgehead atoms. The minimum atomic E-state index is -0.655. The number of nitrogens with two attached hydrogens (primary N) is 1. The van der Waals surface area contributed by atoms with Crippen molar-refractivity contribution in [2.45, 2.75) is 12.5 Å². The Morgan fingerprint density at radius 3 is 2.25 bits per heavy atom. The summed E-state index contributed by atoms with van der Waals surface area (Å²) < 4.78 is 40.1. The molecule has 0 aliphatic carbocycles. The second-order valence-electron chi connectivity index (χ2n) is 4.37. The van der Waals surface area contributed by atoms with E-state index in [1.807, 2.05) is 0 Å². The SMILES string of the molecule is NNC(Cc1cc(F)cc(F)c1)c1ccc(Br)c(F)c1. The van der Waals surface area contributed by atoms with Crippen LogP contribution in [0.15, 0.2) is 40.9 Å². The monoisotopic (exact) mass is 344 g/mol. The first kappa shape index (κ1) is 15.0. The third-order valence-corrected chi connectivity index (χ3v) is 3.55. The van der Waals surface area contributed by atoms with E-state index in [4.69, 9.17) is 5.84 Å². The van der Waals surface area contributed by atoms with Crippen LogP contribution in [0.4, 0.5) is 13.2 Å². The molecule has 106 valence electrons. The topological polar surface area (TPSA) is 38.0 Å². The van der Waals surface area contributed by atoms with E-state index in [9.17, 15) is 13.2 Å². The summed E-state index contributed by atoms with van der Waals surface area (Å²) in [6.07, 6.45) is 0.242. The summed E-state index contributed by atoms with van der Waals surface area (Å²) >= 11 is 3.06. The molecule has 1 unspecified atom stereocenters. The largest absolute Gasteiger partial charge is 0.271 e. The predicted octanol–water partition coefficient (Wildman–Crippen LogP) is 3.61. The highest BCUT2D eigenvalue weighted by atomic mass is 79.9. The highest BCUT2D eigenvalue weighted by Crippen LogP contribution is 2.23. The maximum Gasteiger partial charge on any atom is 0.137 e. The summed E-state index contributed by atoms with van der Waals surface area (Å²) in [5.74, 6) is 3.71. The number of hydrogen-bond acceptors (Lipinski definition) is 2. The summed E-state index contributed by atoms with van der Waals surface area (Å²) in [6, 6.07) is 7.37. The van der Waals surface area contributed by atoms with Crippen molar-refractivity contribution in [3.05, 3.63) is 69.4 Å². The molecular weight excluding hydrogens is 333 g/mol. The van der Waals surface area contributed by atoms with Crippen molar-refractivity contribution in [3.8, 4) is 0 Å². The smallest absolute Gasteiger partial charge is 0.137 e. The zero-order valence-corrected chi connectivity index (χ0v) is 11.9. The molecule has 0 aliphatic rings. The Hall–Kier alpha value is -1.37. The van der Waals surface area contributed by atoms with Crippen molar-refractivity contribution in [2.75, 3.05) is 0 Å². The van der Waals surface area contributed by atoms with Crippen LogP contribution in [-0.4, -0.2) is 0 Å². The van der Waals surface area contributed by atoms with Gasteiger partial charge in [-0.1, -0.05) is 6.07 Å². The first-order valence-corrected chi connectivity index (χ1v) is 6.65.